The summed E-state index contributed by atoms with van der Waals surface area (Å²) in [4.78, 5) is 0. The Labute approximate surface area is 244 Å². The molecule has 5 rings (SSSR count). The van der Waals surface area contributed by atoms with Crippen molar-refractivity contribution in [1.82, 2.24) is 0 Å². The smallest absolute Gasteiger partial charge is 0.416 e. The van der Waals surface area contributed by atoms with Gasteiger partial charge in [-0.2, -0.15) is 26.3 Å². The lowest BCUT2D eigenvalue weighted by Gasteiger charge is -2.28. The molecule has 0 aromatic heterocycles. The Morgan fingerprint density at radius 1 is 0.535 bits per heavy atom. The molecule has 0 atom stereocenters. The van der Waals surface area contributed by atoms with Gasteiger partial charge in [0.2, 0.25) is 0 Å². The molecule has 0 spiro atoms. The molecule has 5 aromatic rings. The minimum atomic E-state index is -4.98. The zero-order chi connectivity index (χ0) is 30.7. The van der Waals surface area contributed by atoms with Gasteiger partial charge in [0.1, 0.15) is 47.5 Å². The molecule has 0 aliphatic carbocycles. The average molecular weight is 614 g/mol. The molecule has 9 heteroatoms. The number of benzene rings is 5. The summed E-state index contributed by atoms with van der Waals surface area (Å²) in [7, 11) is -2.52. The SMILES string of the molecule is Fc1ccc(OCc2cc(C(F)(F)F)cc(C(F)(F)F)c2)c(C[P+](c2ccccc2)(c2ccccc2)c2ccccc2)c1. The average Bonchev–Trinajstić information content (AvgIpc) is 3.00. The number of halogens is 7. The van der Waals surface area contributed by atoms with Gasteiger partial charge in [0.15, 0.2) is 0 Å². The van der Waals surface area contributed by atoms with Gasteiger partial charge < -0.3 is 4.74 Å². The summed E-state index contributed by atoms with van der Waals surface area (Å²) >= 11 is 0. The molecule has 0 heterocycles. The van der Waals surface area contributed by atoms with Gasteiger partial charge in [-0.05, 0) is 78.4 Å². The summed E-state index contributed by atoms with van der Waals surface area (Å²) in [6.07, 6.45) is -9.68. The lowest BCUT2D eigenvalue weighted by molar-refractivity contribution is -0.143. The molecule has 0 fully saturated rings. The maximum Gasteiger partial charge on any atom is 0.416 e. The third-order valence-corrected chi connectivity index (χ3v) is 11.4. The fraction of sp³-hybridized carbons (Fsp3) is 0.118. The highest BCUT2D eigenvalue weighted by molar-refractivity contribution is 7.95. The third kappa shape index (κ3) is 6.75. The van der Waals surface area contributed by atoms with Gasteiger partial charge in [-0.1, -0.05) is 54.6 Å². The molecule has 0 N–H and O–H groups in total. The van der Waals surface area contributed by atoms with E-state index in [1.54, 1.807) is 0 Å². The highest BCUT2D eigenvalue weighted by Gasteiger charge is 2.46. The first-order valence-electron chi connectivity index (χ1n) is 13.2. The molecule has 0 bridgehead atoms. The van der Waals surface area contributed by atoms with E-state index in [1.807, 2.05) is 91.0 Å². The second kappa shape index (κ2) is 12.2. The zero-order valence-electron chi connectivity index (χ0n) is 22.5. The van der Waals surface area contributed by atoms with Crippen LogP contribution in [0.15, 0.2) is 127 Å². The van der Waals surface area contributed by atoms with Crippen LogP contribution in [0.25, 0.3) is 0 Å². The lowest BCUT2D eigenvalue weighted by atomic mass is 10.1. The Morgan fingerprint density at radius 2 is 0.977 bits per heavy atom. The molecule has 0 aliphatic rings. The molecule has 0 aliphatic heterocycles. The minimum Gasteiger partial charge on any atom is -0.488 e. The van der Waals surface area contributed by atoms with Crippen molar-refractivity contribution in [1.29, 1.82) is 0 Å². The predicted octanol–water partition coefficient (Wildman–Crippen LogP) is 8.94. The molecule has 0 amide bonds. The van der Waals surface area contributed by atoms with E-state index >= 15 is 0 Å². The first-order chi connectivity index (χ1) is 20.5. The van der Waals surface area contributed by atoms with E-state index in [-0.39, 0.29) is 23.5 Å². The van der Waals surface area contributed by atoms with E-state index in [1.165, 1.54) is 12.1 Å². The highest BCUT2D eigenvalue weighted by Crippen LogP contribution is 2.59. The van der Waals surface area contributed by atoms with E-state index in [0.29, 0.717) is 17.7 Å². The molecule has 0 saturated carbocycles. The number of rotatable bonds is 8. The van der Waals surface area contributed by atoms with Crippen LogP contribution in [0, 0.1) is 5.82 Å². The van der Waals surface area contributed by atoms with E-state index < -0.39 is 43.2 Å². The molecule has 1 nitrogen and oxygen atoms in total. The van der Waals surface area contributed by atoms with E-state index in [2.05, 4.69) is 0 Å². The summed E-state index contributed by atoms with van der Waals surface area (Å²) in [5.74, 6) is -0.382. The van der Waals surface area contributed by atoms with Gasteiger partial charge in [0.25, 0.3) is 0 Å². The van der Waals surface area contributed by atoms with Gasteiger partial charge in [-0.3, -0.25) is 0 Å². The Kier molecular flexibility index (Phi) is 8.61. The van der Waals surface area contributed by atoms with Crippen molar-refractivity contribution in [2.75, 3.05) is 0 Å². The standard InChI is InChI=1S/C34H25F7OP/c35-28-16-17-32(42-22-24-18-26(33(36,37)38)21-27(19-24)34(39,40)41)25(20-28)23-43(29-10-4-1-5-11-29,30-12-6-2-7-13-30)31-14-8-3-9-15-31/h1-21H,22-23H2/q+1. The summed E-state index contributed by atoms with van der Waals surface area (Å²) in [6.45, 7) is -0.584. The monoisotopic (exact) mass is 613 g/mol. The van der Waals surface area contributed by atoms with E-state index in [9.17, 15) is 30.7 Å². The Morgan fingerprint density at radius 3 is 1.40 bits per heavy atom. The number of hydrogen-bond acceptors (Lipinski definition) is 1. The van der Waals surface area contributed by atoms with Crippen LogP contribution in [0.5, 0.6) is 5.75 Å². The zero-order valence-corrected chi connectivity index (χ0v) is 23.4. The third-order valence-electron chi connectivity index (χ3n) is 7.06. The fourth-order valence-corrected chi connectivity index (χ4v) is 9.34. The summed E-state index contributed by atoms with van der Waals surface area (Å²) in [5, 5.41) is 3.03. The molecular formula is C34H25F7OP+. The van der Waals surface area contributed by atoms with E-state index in [0.717, 1.165) is 22.0 Å². The first kappa shape index (κ1) is 30.3. The Bertz CT molecular complexity index is 1540. The van der Waals surface area contributed by atoms with Crippen LogP contribution in [-0.4, -0.2) is 0 Å². The number of ether oxygens (including phenoxy) is 1. The van der Waals surface area contributed by atoms with Crippen molar-refractivity contribution >= 4 is 23.2 Å². The molecule has 220 valence electrons. The maximum atomic E-state index is 14.8. The van der Waals surface area contributed by atoms with Crippen LogP contribution in [0.1, 0.15) is 22.3 Å². The summed E-state index contributed by atoms with van der Waals surface area (Å²) < 4.78 is 101. The van der Waals surface area contributed by atoms with Gasteiger partial charge >= 0.3 is 12.4 Å². The second-order valence-electron chi connectivity index (χ2n) is 9.93. The van der Waals surface area contributed by atoms with Crippen LogP contribution in [0.4, 0.5) is 30.7 Å². The molecule has 0 radical (unpaired) electrons. The minimum absolute atomic E-state index is 0.0746. The van der Waals surface area contributed by atoms with Crippen molar-refractivity contribution in [3.8, 4) is 5.75 Å². The molecular weight excluding hydrogens is 588 g/mol. The van der Waals surface area contributed by atoms with Crippen molar-refractivity contribution in [2.24, 2.45) is 0 Å². The normalized spacial score (nSPS) is 12.3. The van der Waals surface area contributed by atoms with Crippen molar-refractivity contribution in [3.63, 3.8) is 0 Å². The molecule has 0 saturated heterocycles. The van der Waals surface area contributed by atoms with Crippen LogP contribution in [0.2, 0.25) is 0 Å². The van der Waals surface area contributed by atoms with Crippen molar-refractivity contribution < 1.29 is 35.5 Å². The van der Waals surface area contributed by atoms with E-state index in [4.69, 9.17) is 4.74 Å². The topological polar surface area (TPSA) is 9.23 Å². The maximum absolute atomic E-state index is 14.8. The van der Waals surface area contributed by atoms with Gasteiger partial charge in [-0.25, -0.2) is 4.39 Å². The molecule has 43 heavy (non-hydrogen) atoms. The Balaban J connectivity index is 1.61. The lowest BCUT2D eigenvalue weighted by Crippen LogP contribution is -2.32. The highest BCUT2D eigenvalue weighted by atomic mass is 31.2. The fourth-order valence-electron chi connectivity index (χ4n) is 5.10. The number of hydrogen-bond donors (Lipinski definition) is 0. The van der Waals surface area contributed by atoms with Crippen LogP contribution in [-0.2, 0) is 25.1 Å². The first-order valence-corrected chi connectivity index (χ1v) is 15.2. The van der Waals surface area contributed by atoms with Crippen LogP contribution < -0.4 is 20.7 Å². The molecule has 0 unspecified atom stereocenters. The molecule has 5 aromatic carbocycles. The van der Waals surface area contributed by atoms with Gasteiger partial charge in [0, 0.05) is 5.56 Å². The van der Waals surface area contributed by atoms with Gasteiger partial charge in [-0.15, -0.1) is 0 Å². The summed E-state index contributed by atoms with van der Waals surface area (Å²) in [6, 6.07) is 34.4. The van der Waals surface area contributed by atoms with Crippen LogP contribution in [0.3, 0.4) is 0 Å². The predicted molar refractivity (Wildman–Crippen MR) is 156 cm³/mol. The van der Waals surface area contributed by atoms with Gasteiger partial charge in [0.05, 0.1) is 11.1 Å². The van der Waals surface area contributed by atoms with Crippen LogP contribution >= 0.6 is 7.26 Å². The Hall–Kier alpha value is -4.16. The largest absolute Gasteiger partial charge is 0.488 e. The summed E-state index contributed by atoms with van der Waals surface area (Å²) in [5.41, 5.74) is -2.73. The van der Waals surface area contributed by atoms with Crippen molar-refractivity contribution in [2.45, 2.75) is 25.1 Å². The van der Waals surface area contributed by atoms with Crippen molar-refractivity contribution in [3.05, 3.63) is 155 Å². The quantitative estimate of drug-likeness (QED) is 0.125. The second-order valence-corrected chi connectivity index (χ2v) is 13.4. The number of alkyl halides is 6.